The zero-order valence-electron chi connectivity index (χ0n) is 20.9. The van der Waals surface area contributed by atoms with Crippen molar-refractivity contribution >= 4 is 46.1 Å². The quantitative estimate of drug-likeness (QED) is 0.342. The Hall–Kier alpha value is -2.27. The van der Waals surface area contributed by atoms with E-state index in [2.05, 4.69) is 47.3 Å². The summed E-state index contributed by atoms with van der Waals surface area (Å²) < 4.78 is 0. The third-order valence-electron chi connectivity index (χ3n) is 8.24. The van der Waals surface area contributed by atoms with Crippen LogP contribution in [0.5, 0.6) is 0 Å². The van der Waals surface area contributed by atoms with Gasteiger partial charge in [-0.15, -0.1) is 0 Å². The molecule has 0 bridgehead atoms. The van der Waals surface area contributed by atoms with Crippen molar-refractivity contribution in [1.29, 1.82) is 0 Å². The number of hydrogen-bond donors (Lipinski definition) is 1. The lowest BCUT2D eigenvalue weighted by molar-refractivity contribution is -0.127. The minimum atomic E-state index is 0.0760. The molecule has 2 aromatic carbocycles. The summed E-state index contributed by atoms with van der Waals surface area (Å²) in [6.45, 7) is 6.31. The van der Waals surface area contributed by atoms with E-state index >= 15 is 0 Å². The number of aromatic amines is 1. The molecule has 6 heteroatoms. The van der Waals surface area contributed by atoms with E-state index in [-0.39, 0.29) is 5.91 Å². The van der Waals surface area contributed by atoms with Crippen molar-refractivity contribution in [2.75, 3.05) is 26.2 Å². The van der Waals surface area contributed by atoms with Crippen molar-refractivity contribution in [2.24, 2.45) is 5.92 Å². The van der Waals surface area contributed by atoms with E-state index in [1.807, 2.05) is 17.0 Å². The number of nitrogens with zero attached hydrogens (tertiary/aromatic N) is 2. The van der Waals surface area contributed by atoms with Crippen LogP contribution in [0, 0.1) is 5.92 Å². The molecular weight excluding hydrogens is 489 g/mol. The van der Waals surface area contributed by atoms with Gasteiger partial charge in [-0.25, -0.2) is 0 Å². The zero-order chi connectivity index (χ0) is 25.1. The average Bonchev–Trinajstić information content (AvgIpc) is 3.35. The van der Waals surface area contributed by atoms with Crippen LogP contribution in [-0.4, -0.2) is 52.9 Å². The SMILES string of the molecule is CCC(C1CCN(C(=O)C=Cc2ccc(Cl)c(Cl)c2)CC1)N1CCC(c2c[nH]c3ccccc23)CC1. The summed E-state index contributed by atoms with van der Waals surface area (Å²) in [6, 6.07) is 14.7. The first-order valence-corrected chi connectivity index (χ1v) is 14.0. The number of likely N-dealkylation sites (tertiary alicyclic amines) is 2. The molecule has 0 aliphatic carbocycles. The van der Waals surface area contributed by atoms with E-state index < -0.39 is 0 Å². The highest BCUT2D eigenvalue weighted by Crippen LogP contribution is 2.36. The first kappa shape index (κ1) is 25.4. The molecule has 1 amide bonds. The molecule has 4 nitrogen and oxygen atoms in total. The number of carbonyl (C=O) groups excluding carboxylic acids is 1. The highest BCUT2D eigenvalue weighted by Gasteiger charge is 2.33. The van der Waals surface area contributed by atoms with E-state index in [9.17, 15) is 4.79 Å². The van der Waals surface area contributed by atoms with Gasteiger partial charge < -0.3 is 14.8 Å². The Morgan fingerprint density at radius 1 is 1.03 bits per heavy atom. The van der Waals surface area contributed by atoms with Gasteiger partial charge in [0, 0.05) is 42.3 Å². The van der Waals surface area contributed by atoms with E-state index in [4.69, 9.17) is 23.2 Å². The van der Waals surface area contributed by atoms with Crippen LogP contribution in [0.15, 0.2) is 54.7 Å². The number of hydrogen-bond acceptors (Lipinski definition) is 2. The molecule has 36 heavy (non-hydrogen) atoms. The summed E-state index contributed by atoms with van der Waals surface area (Å²) in [4.78, 5) is 21.0. The third kappa shape index (κ3) is 5.51. The highest BCUT2D eigenvalue weighted by atomic mass is 35.5. The molecule has 0 spiro atoms. The number of benzene rings is 2. The van der Waals surface area contributed by atoms with Crippen LogP contribution >= 0.6 is 23.2 Å². The van der Waals surface area contributed by atoms with Gasteiger partial charge in [0.1, 0.15) is 0 Å². The summed E-state index contributed by atoms with van der Waals surface area (Å²) in [6.07, 6.45) is 11.5. The van der Waals surface area contributed by atoms with Crippen LogP contribution in [0.2, 0.25) is 10.0 Å². The molecule has 1 aromatic heterocycles. The first-order valence-electron chi connectivity index (χ1n) is 13.3. The van der Waals surface area contributed by atoms with Gasteiger partial charge in [-0.3, -0.25) is 4.79 Å². The molecular formula is C30H35Cl2N3O. The third-order valence-corrected chi connectivity index (χ3v) is 8.97. The maximum atomic E-state index is 12.8. The number of carbonyl (C=O) groups is 1. The van der Waals surface area contributed by atoms with Gasteiger partial charge in [-0.05, 0) is 92.4 Å². The fraction of sp³-hybridized carbons (Fsp3) is 0.433. The number of amides is 1. The van der Waals surface area contributed by atoms with Crippen molar-refractivity contribution in [3.63, 3.8) is 0 Å². The van der Waals surface area contributed by atoms with Crippen molar-refractivity contribution in [2.45, 2.75) is 51.0 Å². The Bertz CT molecular complexity index is 1220. The molecule has 2 aliphatic rings. The summed E-state index contributed by atoms with van der Waals surface area (Å²) in [5, 5.41) is 2.41. The van der Waals surface area contributed by atoms with Gasteiger partial charge >= 0.3 is 0 Å². The molecule has 5 rings (SSSR count). The number of nitrogens with one attached hydrogen (secondary N) is 1. The Kier molecular flexibility index (Phi) is 8.05. The van der Waals surface area contributed by atoms with E-state index in [0.29, 0.717) is 27.9 Å². The minimum Gasteiger partial charge on any atom is -0.361 e. The van der Waals surface area contributed by atoms with Crippen LogP contribution in [0.3, 0.4) is 0 Å². The maximum Gasteiger partial charge on any atom is 0.246 e. The van der Waals surface area contributed by atoms with Crippen LogP contribution in [0.4, 0.5) is 0 Å². The molecule has 2 fully saturated rings. The number of fused-ring (bicyclic) bond motifs is 1. The summed E-state index contributed by atoms with van der Waals surface area (Å²) in [7, 11) is 0. The molecule has 2 aliphatic heterocycles. The standard InChI is InChI=1S/C30H35Cl2N3O/c1-2-29(34-15-11-22(12-16-34)25-20-33-28-6-4-3-5-24(25)28)23-13-17-35(18-14-23)30(36)10-8-21-7-9-26(31)27(32)19-21/h3-10,19-20,22-23,29,33H,2,11-18H2,1H3. The highest BCUT2D eigenvalue weighted by molar-refractivity contribution is 6.42. The van der Waals surface area contributed by atoms with Gasteiger partial charge in [0.25, 0.3) is 0 Å². The van der Waals surface area contributed by atoms with Crippen LogP contribution in [0.25, 0.3) is 17.0 Å². The van der Waals surface area contributed by atoms with Crippen molar-refractivity contribution < 1.29 is 4.79 Å². The van der Waals surface area contributed by atoms with Crippen LogP contribution in [-0.2, 0) is 4.79 Å². The largest absolute Gasteiger partial charge is 0.361 e. The number of H-pyrrole nitrogens is 1. The maximum absolute atomic E-state index is 12.8. The Morgan fingerprint density at radius 3 is 2.50 bits per heavy atom. The molecule has 0 radical (unpaired) electrons. The van der Waals surface area contributed by atoms with Crippen LogP contribution in [0.1, 0.15) is 56.1 Å². The molecule has 2 saturated heterocycles. The Balaban J connectivity index is 1.13. The van der Waals surface area contributed by atoms with Gasteiger partial charge in [0.05, 0.1) is 10.0 Å². The molecule has 3 aromatic rings. The lowest BCUT2D eigenvalue weighted by Gasteiger charge is -2.43. The molecule has 3 heterocycles. The molecule has 190 valence electrons. The van der Waals surface area contributed by atoms with E-state index in [0.717, 1.165) is 44.6 Å². The molecule has 1 atom stereocenters. The average molecular weight is 525 g/mol. The first-order chi connectivity index (χ1) is 17.5. The Labute approximate surface area is 224 Å². The van der Waals surface area contributed by atoms with E-state index in [1.165, 1.54) is 35.7 Å². The molecule has 1 unspecified atom stereocenters. The molecule has 1 N–H and O–H groups in total. The summed E-state index contributed by atoms with van der Waals surface area (Å²) in [5.74, 6) is 1.37. The lowest BCUT2D eigenvalue weighted by atomic mass is 9.83. The van der Waals surface area contributed by atoms with E-state index in [1.54, 1.807) is 18.2 Å². The second kappa shape index (κ2) is 11.4. The van der Waals surface area contributed by atoms with Gasteiger partial charge in [0.15, 0.2) is 0 Å². The number of halogens is 2. The lowest BCUT2D eigenvalue weighted by Crippen LogP contribution is -2.48. The second-order valence-corrected chi connectivity index (χ2v) is 11.1. The predicted octanol–water partition coefficient (Wildman–Crippen LogP) is 7.38. The van der Waals surface area contributed by atoms with Gasteiger partial charge in [-0.1, -0.05) is 54.4 Å². The molecule has 0 saturated carbocycles. The number of rotatable bonds is 6. The summed E-state index contributed by atoms with van der Waals surface area (Å²) >= 11 is 12.1. The van der Waals surface area contributed by atoms with Crippen molar-refractivity contribution in [1.82, 2.24) is 14.8 Å². The Morgan fingerprint density at radius 2 is 1.78 bits per heavy atom. The smallest absolute Gasteiger partial charge is 0.246 e. The fourth-order valence-corrected chi connectivity index (χ4v) is 6.56. The number of para-hydroxylation sites is 1. The monoisotopic (exact) mass is 523 g/mol. The number of aromatic nitrogens is 1. The topological polar surface area (TPSA) is 39.3 Å². The predicted molar refractivity (Wildman–Crippen MR) is 151 cm³/mol. The van der Waals surface area contributed by atoms with Crippen molar-refractivity contribution in [3.8, 4) is 0 Å². The summed E-state index contributed by atoms with van der Waals surface area (Å²) in [5.41, 5.74) is 3.61. The second-order valence-electron chi connectivity index (χ2n) is 10.2. The van der Waals surface area contributed by atoms with Crippen LogP contribution < -0.4 is 0 Å². The van der Waals surface area contributed by atoms with Crippen molar-refractivity contribution in [3.05, 3.63) is 75.9 Å². The minimum absolute atomic E-state index is 0.0760. The van der Waals surface area contributed by atoms with Gasteiger partial charge in [0.2, 0.25) is 5.91 Å². The number of piperidine rings is 2. The normalized spacial score (nSPS) is 19.4. The van der Waals surface area contributed by atoms with Gasteiger partial charge in [-0.2, -0.15) is 0 Å². The zero-order valence-corrected chi connectivity index (χ0v) is 22.4. The fourth-order valence-electron chi connectivity index (χ4n) is 6.26.